The summed E-state index contributed by atoms with van der Waals surface area (Å²) in [5, 5.41) is 3.26. The zero-order chi connectivity index (χ0) is 10.5. The summed E-state index contributed by atoms with van der Waals surface area (Å²) in [6.07, 6.45) is 6.21. The van der Waals surface area contributed by atoms with Gasteiger partial charge in [0.05, 0.1) is 13.3 Å². The van der Waals surface area contributed by atoms with Crippen LogP contribution in [0.2, 0.25) is 0 Å². The fourth-order valence-electron chi connectivity index (χ4n) is 1.20. The molecule has 0 atom stereocenters. The number of unbranched alkanes of at least 4 members (excludes halogenated alkanes) is 3. The number of hydrogen-bond acceptors (Lipinski definition) is 3. The highest BCUT2D eigenvalue weighted by Gasteiger charge is 1.89. The van der Waals surface area contributed by atoms with Gasteiger partial charge in [-0.3, -0.25) is 5.32 Å². The van der Waals surface area contributed by atoms with E-state index in [1.807, 2.05) is 0 Å². The first kappa shape index (κ1) is 13.9. The van der Waals surface area contributed by atoms with Gasteiger partial charge >= 0.3 is 0 Å². The number of methoxy groups -OCH3 is 1. The number of rotatable bonds is 11. The van der Waals surface area contributed by atoms with Gasteiger partial charge in [0, 0.05) is 13.7 Å². The molecule has 0 amide bonds. The van der Waals surface area contributed by atoms with E-state index in [1.54, 1.807) is 7.11 Å². The minimum Gasteiger partial charge on any atom is -0.385 e. The third kappa shape index (κ3) is 11.9. The van der Waals surface area contributed by atoms with Crippen molar-refractivity contribution in [2.45, 2.75) is 39.0 Å². The molecule has 0 radical (unpaired) electrons. The van der Waals surface area contributed by atoms with Crippen molar-refractivity contribution in [1.29, 1.82) is 0 Å². The average molecular weight is 203 g/mol. The summed E-state index contributed by atoms with van der Waals surface area (Å²) >= 11 is 0. The molecule has 0 aliphatic heterocycles. The molecule has 0 aromatic heterocycles. The first-order chi connectivity index (χ1) is 6.91. The molecule has 1 N–H and O–H groups in total. The molecular formula is C11H25NO2. The maximum atomic E-state index is 5.35. The lowest BCUT2D eigenvalue weighted by Gasteiger charge is -2.05. The van der Waals surface area contributed by atoms with E-state index in [-0.39, 0.29) is 0 Å². The highest BCUT2D eigenvalue weighted by molar-refractivity contribution is 4.44. The molecular weight excluding hydrogens is 178 g/mol. The monoisotopic (exact) mass is 203 g/mol. The normalized spacial score (nSPS) is 10.7. The van der Waals surface area contributed by atoms with Gasteiger partial charge in [0.1, 0.15) is 0 Å². The van der Waals surface area contributed by atoms with E-state index in [4.69, 9.17) is 9.47 Å². The van der Waals surface area contributed by atoms with E-state index >= 15 is 0 Å². The molecule has 0 aliphatic rings. The molecule has 0 unspecified atom stereocenters. The quantitative estimate of drug-likeness (QED) is 0.412. The van der Waals surface area contributed by atoms with E-state index in [0.29, 0.717) is 6.73 Å². The number of nitrogens with one attached hydrogen (secondary N) is 1. The first-order valence-electron chi connectivity index (χ1n) is 5.69. The Morgan fingerprint density at radius 1 is 1.00 bits per heavy atom. The summed E-state index contributed by atoms with van der Waals surface area (Å²) in [7, 11) is 1.71. The molecule has 0 rings (SSSR count). The molecule has 0 aromatic rings. The predicted molar refractivity (Wildman–Crippen MR) is 59.5 cm³/mol. The van der Waals surface area contributed by atoms with Crippen LogP contribution in [0.3, 0.4) is 0 Å². The highest BCUT2D eigenvalue weighted by Crippen LogP contribution is 1.96. The summed E-state index contributed by atoms with van der Waals surface area (Å²) in [6.45, 7) is 5.55. The van der Waals surface area contributed by atoms with Crippen LogP contribution in [0, 0.1) is 0 Å². The van der Waals surface area contributed by atoms with Gasteiger partial charge in [0.25, 0.3) is 0 Å². The van der Waals surface area contributed by atoms with Crippen LogP contribution in [0.15, 0.2) is 0 Å². The van der Waals surface area contributed by atoms with Crippen molar-refractivity contribution in [2.24, 2.45) is 0 Å². The van der Waals surface area contributed by atoms with Crippen LogP contribution in [0.25, 0.3) is 0 Å². The second-order valence-electron chi connectivity index (χ2n) is 3.46. The Hall–Kier alpha value is -0.120. The van der Waals surface area contributed by atoms with E-state index in [1.165, 1.54) is 25.7 Å². The summed E-state index contributed by atoms with van der Waals surface area (Å²) < 4.78 is 10.3. The highest BCUT2D eigenvalue weighted by atomic mass is 16.5. The van der Waals surface area contributed by atoms with Crippen molar-refractivity contribution in [3.8, 4) is 0 Å². The lowest BCUT2D eigenvalue weighted by molar-refractivity contribution is 0.0908. The SMILES string of the molecule is CCCCCCNCOCCCOC. The predicted octanol–water partition coefficient (Wildman–Crippen LogP) is 2.17. The van der Waals surface area contributed by atoms with Crippen LogP contribution in [0.4, 0.5) is 0 Å². The number of ether oxygens (including phenoxy) is 2. The van der Waals surface area contributed by atoms with Crippen molar-refractivity contribution in [3.05, 3.63) is 0 Å². The molecule has 0 saturated carbocycles. The van der Waals surface area contributed by atoms with Crippen LogP contribution < -0.4 is 5.32 Å². The molecule has 0 heterocycles. The third-order valence-corrected chi connectivity index (χ3v) is 2.05. The minimum absolute atomic E-state index is 0.676. The first-order valence-corrected chi connectivity index (χ1v) is 5.69. The lowest BCUT2D eigenvalue weighted by atomic mass is 10.2. The van der Waals surface area contributed by atoms with E-state index in [9.17, 15) is 0 Å². The van der Waals surface area contributed by atoms with E-state index in [0.717, 1.165) is 26.2 Å². The topological polar surface area (TPSA) is 30.5 Å². The van der Waals surface area contributed by atoms with Crippen molar-refractivity contribution in [1.82, 2.24) is 5.32 Å². The van der Waals surface area contributed by atoms with E-state index in [2.05, 4.69) is 12.2 Å². The lowest BCUT2D eigenvalue weighted by Crippen LogP contribution is -2.19. The standard InChI is InChI=1S/C11H25NO2/c1-3-4-5-6-8-12-11-14-10-7-9-13-2/h12H,3-11H2,1-2H3. The third-order valence-electron chi connectivity index (χ3n) is 2.05. The molecule has 0 aliphatic carbocycles. The summed E-state index contributed by atoms with van der Waals surface area (Å²) in [5.41, 5.74) is 0. The summed E-state index contributed by atoms with van der Waals surface area (Å²) in [4.78, 5) is 0. The van der Waals surface area contributed by atoms with Gasteiger partial charge in [-0.15, -0.1) is 0 Å². The molecule has 3 heteroatoms. The molecule has 3 nitrogen and oxygen atoms in total. The summed E-state index contributed by atoms with van der Waals surface area (Å²) in [5.74, 6) is 0. The Kier molecular flexibility index (Phi) is 12.8. The largest absolute Gasteiger partial charge is 0.385 e. The Morgan fingerprint density at radius 3 is 2.57 bits per heavy atom. The smallest absolute Gasteiger partial charge is 0.0965 e. The van der Waals surface area contributed by atoms with Crippen LogP contribution in [-0.4, -0.2) is 33.6 Å². The second kappa shape index (κ2) is 12.9. The van der Waals surface area contributed by atoms with Gasteiger partial charge < -0.3 is 9.47 Å². The second-order valence-corrected chi connectivity index (χ2v) is 3.46. The van der Waals surface area contributed by atoms with Crippen LogP contribution >= 0.6 is 0 Å². The molecule has 0 bridgehead atoms. The van der Waals surface area contributed by atoms with Gasteiger partial charge in [-0.2, -0.15) is 0 Å². The van der Waals surface area contributed by atoms with E-state index < -0.39 is 0 Å². The Balaban J connectivity index is 2.78. The molecule has 14 heavy (non-hydrogen) atoms. The molecule has 0 spiro atoms. The Morgan fingerprint density at radius 2 is 1.86 bits per heavy atom. The molecule has 0 saturated heterocycles. The van der Waals surface area contributed by atoms with Gasteiger partial charge in [0.15, 0.2) is 0 Å². The van der Waals surface area contributed by atoms with Gasteiger partial charge in [-0.05, 0) is 19.4 Å². The van der Waals surface area contributed by atoms with Crippen molar-refractivity contribution < 1.29 is 9.47 Å². The maximum absolute atomic E-state index is 5.35. The fourth-order valence-corrected chi connectivity index (χ4v) is 1.20. The number of hydrogen-bond donors (Lipinski definition) is 1. The fraction of sp³-hybridized carbons (Fsp3) is 1.00. The van der Waals surface area contributed by atoms with Gasteiger partial charge in [-0.1, -0.05) is 26.2 Å². The molecule has 86 valence electrons. The van der Waals surface area contributed by atoms with Crippen molar-refractivity contribution in [2.75, 3.05) is 33.6 Å². The van der Waals surface area contributed by atoms with Crippen LogP contribution in [0.5, 0.6) is 0 Å². The van der Waals surface area contributed by atoms with Gasteiger partial charge in [-0.25, -0.2) is 0 Å². The summed E-state index contributed by atoms with van der Waals surface area (Å²) in [6, 6.07) is 0. The average Bonchev–Trinajstić information content (AvgIpc) is 2.21. The van der Waals surface area contributed by atoms with Crippen LogP contribution in [0.1, 0.15) is 39.0 Å². The van der Waals surface area contributed by atoms with Crippen molar-refractivity contribution >= 4 is 0 Å². The van der Waals surface area contributed by atoms with Crippen molar-refractivity contribution in [3.63, 3.8) is 0 Å². The zero-order valence-corrected chi connectivity index (χ0v) is 9.68. The molecule has 0 fully saturated rings. The zero-order valence-electron chi connectivity index (χ0n) is 9.68. The van der Waals surface area contributed by atoms with Crippen LogP contribution in [-0.2, 0) is 9.47 Å². The maximum Gasteiger partial charge on any atom is 0.0965 e. The Labute approximate surface area is 88.2 Å². The minimum atomic E-state index is 0.676. The molecule has 0 aromatic carbocycles. The Bertz CT molecular complexity index is 87.3. The van der Waals surface area contributed by atoms with Gasteiger partial charge in [0.2, 0.25) is 0 Å².